The Kier molecular flexibility index (Phi) is 31.7. The first-order valence-corrected chi connectivity index (χ1v) is 33.7. The Labute approximate surface area is 578 Å². The lowest BCUT2D eigenvalue weighted by Gasteiger charge is -2.51. The molecule has 0 aromatic carbocycles. The predicted octanol–water partition coefficient (Wildman–Crippen LogP) is -13.8. The zero-order chi connectivity index (χ0) is 74.5. The number of hydrogen-bond acceptors (Lipinski definition) is 41. The summed E-state index contributed by atoms with van der Waals surface area (Å²) < 4.78 is 102. The first-order chi connectivity index (χ1) is 47.9. The molecule has 24 N–H and O–H groups in total. The maximum atomic E-state index is 12.5. The molecule has 44 atom stereocenters. The monoisotopic (exact) mass is 1480 g/mol. The van der Waals surface area contributed by atoms with Crippen molar-refractivity contribution in [1.29, 1.82) is 0 Å². The minimum absolute atomic E-state index is 0.523. The maximum absolute atomic E-state index is 12.5. The maximum Gasteiger partial charge on any atom is 0.187 e. The average Bonchev–Trinajstić information content (AvgIpc) is 0.777. The van der Waals surface area contributed by atoms with E-state index in [0.717, 1.165) is 0 Å². The summed E-state index contributed by atoms with van der Waals surface area (Å²) in [6.07, 6.45) is -70.2. The van der Waals surface area contributed by atoms with Crippen molar-refractivity contribution in [1.82, 2.24) is 0 Å². The van der Waals surface area contributed by atoms with E-state index in [1.807, 2.05) is 0 Å². The van der Waals surface area contributed by atoms with Gasteiger partial charge in [0.05, 0.1) is 96.6 Å². The molecule has 0 radical (unpaired) electrons. The summed E-state index contributed by atoms with van der Waals surface area (Å²) >= 11 is 0. The van der Waals surface area contributed by atoms with Gasteiger partial charge < -0.3 is 203 Å². The fourth-order valence-electron chi connectivity index (χ4n) is 13.4. The predicted molar refractivity (Wildman–Crippen MR) is 320 cm³/mol. The van der Waals surface area contributed by atoms with E-state index in [1.165, 1.54) is 27.7 Å². The Hall–Kier alpha value is -1.64. The van der Waals surface area contributed by atoms with Crippen LogP contribution in [0.15, 0.2) is 0 Å². The van der Waals surface area contributed by atoms with Gasteiger partial charge in [-0.15, -0.1) is 0 Å². The lowest BCUT2D eigenvalue weighted by molar-refractivity contribution is -0.402. The topological polar surface area (TPSA) is 642 Å². The van der Waals surface area contributed by atoms with Crippen molar-refractivity contribution in [2.45, 2.75) is 287 Å². The molecular formula is C60H106O41. The normalized spacial score (nSPS) is 50.0. The van der Waals surface area contributed by atoms with E-state index < -0.39 is 335 Å². The van der Waals surface area contributed by atoms with E-state index in [2.05, 4.69) is 0 Å². The summed E-state index contributed by atoms with van der Waals surface area (Å²) in [6.45, 7) is -0.448. The van der Waals surface area contributed by atoms with Crippen LogP contribution in [0.1, 0.15) is 41.5 Å². The zero-order valence-corrected chi connectivity index (χ0v) is 56.1. The molecule has 0 spiro atoms. The number of ether oxygens (including phenoxy) is 17. The zero-order valence-electron chi connectivity index (χ0n) is 56.1. The second-order valence-corrected chi connectivity index (χ2v) is 27.0. The number of aliphatic hydroxyl groups is 24. The van der Waals surface area contributed by atoms with Crippen LogP contribution in [0.5, 0.6) is 0 Å². The molecule has 0 saturated carbocycles. The fraction of sp³-hybridized carbons (Fsp3) is 1.00. The Morgan fingerprint density at radius 3 is 1.09 bits per heavy atom. The van der Waals surface area contributed by atoms with Gasteiger partial charge in [-0.25, -0.2) is 0 Å². The molecule has 0 amide bonds. The van der Waals surface area contributed by atoms with Gasteiger partial charge in [0.2, 0.25) is 0 Å². The minimum Gasteiger partial charge on any atom is -0.394 e. The molecule has 8 aliphatic rings. The molecule has 0 aromatic rings. The van der Waals surface area contributed by atoms with Crippen molar-refractivity contribution in [2.24, 2.45) is 23.7 Å². The van der Waals surface area contributed by atoms with Crippen molar-refractivity contribution in [3.05, 3.63) is 0 Å². The van der Waals surface area contributed by atoms with E-state index in [-0.39, 0.29) is 0 Å². The van der Waals surface area contributed by atoms with Gasteiger partial charge >= 0.3 is 0 Å². The summed E-state index contributed by atoms with van der Waals surface area (Å²) in [7, 11) is 0. The molecular weight excluding hydrogens is 1380 g/mol. The van der Waals surface area contributed by atoms with Gasteiger partial charge in [0, 0.05) is 23.7 Å². The third-order valence-electron chi connectivity index (χ3n) is 20.1. The van der Waals surface area contributed by atoms with Crippen LogP contribution in [0.4, 0.5) is 0 Å². The van der Waals surface area contributed by atoms with Crippen LogP contribution in [0.25, 0.3) is 0 Å². The third kappa shape index (κ3) is 18.6. The van der Waals surface area contributed by atoms with Crippen molar-refractivity contribution >= 4 is 0 Å². The molecule has 101 heavy (non-hydrogen) atoms. The van der Waals surface area contributed by atoms with E-state index in [1.54, 1.807) is 13.8 Å². The molecule has 0 aliphatic carbocycles. The molecule has 8 saturated heterocycles. The van der Waals surface area contributed by atoms with Crippen LogP contribution in [-0.2, 0) is 80.5 Å². The summed E-state index contributed by atoms with van der Waals surface area (Å²) in [5.74, 6) is -4.26. The highest BCUT2D eigenvalue weighted by Crippen LogP contribution is 2.41. The van der Waals surface area contributed by atoms with Crippen LogP contribution < -0.4 is 0 Å². The molecule has 8 aliphatic heterocycles. The van der Waals surface area contributed by atoms with Gasteiger partial charge in [0.1, 0.15) is 165 Å². The molecule has 41 heteroatoms. The lowest BCUT2D eigenvalue weighted by atomic mass is 9.88. The van der Waals surface area contributed by atoms with Gasteiger partial charge in [-0.1, -0.05) is 27.7 Å². The van der Waals surface area contributed by atoms with E-state index >= 15 is 0 Å². The standard InChI is InChI=1S/C60H106O41/c1-17-22(6)86-28(12-66)46(33(17)72)95-53-18(2)35(74)49(31(15-69)91-53)98-58-45(84)50(99-60-52(43(82)39(78)27(11-65)90-60)101-55-20(4)36(75)48(30(14-68)93-55)97-57-44(83)41(80)37(76)25(9-63)88-57)40(79)32(94-58)16-85-59-51(42(81)38(77)26(10-64)89-59)100-54-19(3)34(73)47(29(13-67)92-54)96-56(21(5)70)87-24(8-62)23(71)7-61/h17-84H,7-16H2,1-6H3/t17-,18+,19?,20+,21+,22+,23-,24?,25?,26?,27-,28?,29+,30?,31?,32?,33?,34?,35?,36?,37+,38-,39-,40-,41?,42?,43?,44+,45-,46-,47-,48-,49-,50?,51-,52?,53+,54+,55+,56+,57+,58+,59+,60-/m1/s1. The van der Waals surface area contributed by atoms with E-state index in [9.17, 15) is 123 Å². The first-order valence-electron chi connectivity index (χ1n) is 33.7. The number of aliphatic hydroxyl groups excluding tert-OH is 24. The highest BCUT2D eigenvalue weighted by molar-refractivity contribution is 5.01. The molecule has 0 bridgehead atoms. The van der Waals surface area contributed by atoms with Gasteiger partial charge in [0.15, 0.2) is 50.3 Å². The Bertz CT molecular complexity index is 2410. The largest absolute Gasteiger partial charge is 0.394 e. The molecule has 0 aromatic heterocycles. The average molecular weight is 1480 g/mol. The van der Waals surface area contributed by atoms with Crippen molar-refractivity contribution in [2.75, 3.05) is 66.1 Å². The van der Waals surface area contributed by atoms with Gasteiger partial charge in [-0.3, -0.25) is 0 Å². The van der Waals surface area contributed by atoms with Crippen LogP contribution in [0, 0.1) is 23.7 Å². The summed E-state index contributed by atoms with van der Waals surface area (Å²) in [5.41, 5.74) is 0. The van der Waals surface area contributed by atoms with Gasteiger partial charge in [-0.05, 0) is 13.8 Å². The van der Waals surface area contributed by atoms with Crippen molar-refractivity contribution < 1.29 is 203 Å². The Balaban J connectivity index is 1.08. The molecule has 8 heterocycles. The van der Waals surface area contributed by atoms with Crippen LogP contribution in [-0.4, -0.2) is 434 Å². The Morgan fingerprint density at radius 2 is 0.644 bits per heavy atom. The molecule has 8 rings (SSSR count). The smallest absolute Gasteiger partial charge is 0.187 e. The highest BCUT2D eigenvalue weighted by Gasteiger charge is 2.59. The highest BCUT2D eigenvalue weighted by atomic mass is 16.8. The van der Waals surface area contributed by atoms with Crippen LogP contribution in [0.2, 0.25) is 0 Å². The van der Waals surface area contributed by atoms with E-state index in [4.69, 9.17) is 80.5 Å². The summed E-state index contributed by atoms with van der Waals surface area (Å²) in [6, 6.07) is 0. The summed E-state index contributed by atoms with van der Waals surface area (Å²) in [5, 5.41) is 262. The minimum atomic E-state index is -2.32. The molecule has 17 unspecified atom stereocenters. The molecule has 592 valence electrons. The quantitative estimate of drug-likeness (QED) is 0.0297. The second-order valence-electron chi connectivity index (χ2n) is 27.0. The number of rotatable bonds is 30. The van der Waals surface area contributed by atoms with Crippen LogP contribution >= 0.6 is 0 Å². The number of hydrogen-bond donors (Lipinski definition) is 24. The molecule has 8 fully saturated rings. The second kappa shape index (κ2) is 37.7. The Morgan fingerprint density at radius 1 is 0.297 bits per heavy atom. The van der Waals surface area contributed by atoms with Crippen LogP contribution in [0.3, 0.4) is 0 Å². The van der Waals surface area contributed by atoms with Crippen molar-refractivity contribution in [3.63, 3.8) is 0 Å². The SMILES string of the molecule is CC1C(O)[C@H](O[C@H](OC(CO)[C@H](O)CO)[C@H](C)O)[C@H](CO)O[C@H]1O[C@@H]1C(O)[C@H](O)C(CO)O[C@@H]1OCC1O[C@@H](O[C@@H]2C(CO)O[C@@H](O[C@@H]3C(CO)O[C@@H](C)[C@@H](C)C3O)[C@@H](C)C2O)[C@H](O)C(O[C@H]2O[C@H](CO)[C@@H](O)C(O)C2O[C@@H]2OC(CO)[C@@H](O[C@@H]3OC(CO)[C@H](O)C(O)[C@@H]3O)C(O)[C@@H]2C)[C@@H]1O. The lowest BCUT2D eigenvalue weighted by Crippen LogP contribution is -2.68. The summed E-state index contributed by atoms with van der Waals surface area (Å²) in [4.78, 5) is 0. The third-order valence-corrected chi connectivity index (χ3v) is 20.1. The first kappa shape index (κ1) is 85.0. The van der Waals surface area contributed by atoms with Gasteiger partial charge in [-0.2, -0.15) is 0 Å². The van der Waals surface area contributed by atoms with Gasteiger partial charge in [0.25, 0.3) is 0 Å². The fourth-order valence-corrected chi connectivity index (χ4v) is 13.4. The molecule has 41 nitrogen and oxygen atoms in total. The van der Waals surface area contributed by atoms with Crippen molar-refractivity contribution in [3.8, 4) is 0 Å². The van der Waals surface area contributed by atoms with E-state index in [0.29, 0.717) is 0 Å².